The summed E-state index contributed by atoms with van der Waals surface area (Å²) in [6, 6.07) is 13.8. The van der Waals surface area contributed by atoms with Crippen LogP contribution >= 0.6 is 0 Å². The third kappa shape index (κ3) is 2.47. The van der Waals surface area contributed by atoms with Gasteiger partial charge in [-0.25, -0.2) is 0 Å². The van der Waals surface area contributed by atoms with Crippen LogP contribution in [-0.2, 0) is 0 Å². The van der Waals surface area contributed by atoms with Crippen LogP contribution in [-0.4, -0.2) is 17.2 Å². The molecule has 98 valence electrons. The second-order valence-electron chi connectivity index (χ2n) is 4.98. The van der Waals surface area contributed by atoms with E-state index in [1.165, 1.54) is 5.56 Å². The van der Waals surface area contributed by atoms with Gasteiger partial charge in [0.2, 0.25) is 0 Å². The number of hydrogen-bond donors (Lipinski definition) is 1. The van der Waals surface area contributed by atoms with Gasteiger partial charge in [-0.1, -0.05) is 18.2 Å². The molecule has 0 spiro atoms. The number of nitrogens with zero attached hydrogens (tertiary/aromatic N) is 1. The highest BCUT2D eigenvalue weighted by atomic mass is 16.5. The van der Waals surface area contributed by atoms with Crippen molar-refractivity contribution in [3.63, 3.8) is 0 Å². The van der Waals surface area contributed by atoms with Gasteiger partial charge < -0.3 is 9.84 Å². The minimum absolute atomic E-state index is 0.281. The number of aliphatic hydroxyl groups excluding tert-OH is 1. The van der Waals surface area contributed by atoms with Gasteiger partial charge in [-0.15, -0.1) is 0 Å². The van der Waals surface area contributed by atoms with E-state index >= 15 is 0 Å². The second-order valence-corrected chi connectivity index (χ2v) is 4.98. The van der Waals surface area contributed by atoms with Crippen LogP contribution in [0, 0.1) is 5.92 Å². The summed E-state index contributed by atoms with van der Waals surface area (Å²) in [5, 5.41) is 10.3. The van der Waals surface area contributed by atoms with Crippen molar-refractivity contribution in [1.82, 2.24) is 4.98 Å². The van der Waals surface area contributed by atoms with Gasteiger partial charge in [-0.05, 0) is 48.1 Å². The zero-order valence-electron chi connectivity index (χ0n) is 10.9. The maximum absolute atomic E-state index is 10.3. The fourth-order valence-electron chi connectivity index (χ4n) is 2.57. The summed E-state index contributed by atoms with van der Waals surface area (Å²) in [5.74, 6) is 1.58. The smallest absolute Gasteiger partial charge is 0.118 e. The van der Waals surface area contributed by atoms with Gasteiger partial charge in [-0.3, -0.25) is 4.98 Å². The van der Waals surface area contributed by atoms with Crippen molar-refractivity contribution >= 4 is 0 Å². The fraction of sp³-hybridized carbons (Fsp3) is 0.312. The molecule has 3 unspecified atom stereocenters. The maximum atomic E-state index is 10.3. The van der Waals surface area contributed by atoms with Gasteiger partial charge in [0, 0.05) is 6.20 Å². The molecule has 0 radical (unpaired) electrons. The highest BCUT2D eigenvalue weighted by molar-refractivity contribution is 5.33. The predicted molar refractivity (Wildman–Crippen MR) is 73.0 cm³/mol. The molecular formula is C16H17NO2. The van der Waals surface area contributed by atoms with E-state index in [0.29, 0.717) is 5.92 Å². The molecule has 1 aromatic heterocycles. The lowest BCUT2D eigenvalue weighted by molar-refractivity contribution is 0.146. The zero-order chi connectivity index (χ0) is 13.2. The Labute approximate surface area is 112 Å². The van der Waals surface area contributed by atoms with Crippen molar-refractivity contribution < 1.29 is 9.84 Å². The molecule has 3 nitrogen and oxygen atoms in total. The van der Waals surface area contributed by atoms with Crippen LogP contribution in [0.5, 0.6) is 5.75 Å². The molecular weight excluding hydrogens is 238 g/mol. The summed E-state index contributed by atoms with van der Waals surface area (Å²) in [6.45, 7) is 0. The van der Waals surface area contributed by atoms with E-state index in [1.807, 2.05) is 30.3 Å². The van der Waals surface area contributed by atoms with Gasteiger partial charge >= 0.3 is 0 Å². The first-order valence-electron chi connectivity index (χ1n) is 6.52. The fourth-order valence-corrected chi connectivity index (χ4v) is 2.57. The molecule has 2 aromatic rings. The quantitative estimate of drug-likeness (QED) is 0.913. The van der Waals surface area contributed by atoms with Crippen molar-refractivity contribution in [2.24, 2.45) is 5.92 Å². The lowest BCUT2D eigenvalue weighted by Gasteiger charge is -2.09. The van der Waals surface area contributed by atoms with Crippen LogP contribution in [0.15, 0.2) is 48.7 Å². The van der Waals surface area contributed by atoms with Crippen LogP contribution in [0.3, 0.4) is 0 Å². The van der Waals surface area contributed by atoms with Gasteiger partial charge in [0.15, 0.2) is 0 Å². The van der Waals surface area contributed by atoms with E-state index in [0.717, 1.165) is 17.9 Å². The molecule has 0 amide bonds. The largest absolute Gasteiger partial charge is 0.497 e. The Bertz CT molecular complexity index is 538. The normalized spacial score (nSPS) is 22.8. The number of methoxy groups -OCH3 is 1. The monoisotopic (exact) mass is 255 g/mol. The summed E-state index contributed by atoms with van der Waals surface area (Å²) in [7, 11) is 1.67. The van der Waals surface area contributed by atoms with Gasteiger partial charge in [0.25, 0.3) is 0 Å². The highest BCUT2D eigenvalue weighted by Gasteiger charge is 2.44. The van der Waals surface area contributed by atoms with Crippen LogP contribution in [0.1, 0.15) is 29.7 Å². The zero-order valence-corrected chi connectivity index (χ0v) is 10.9. The predicted octanol–water partition coefficient (Wildman–Crippen LogP) is 2.93. The average molecular weight is 255 g/mol. The van der Waals surface area contributed by atoms with Crippen molar-refractivity contribution in [3.8, 4) is 5.75 Å². The third-order valence-electron chi connectivity index (χ3n) is 3.78. The number of aromatic nitrogens is 1. The number of rotatable bonds is 4. The van der Waals surface area contributed by atoms with Crippen molar-refractivity contribution in [2.45, 2.75) is 18.4 Å². The van der Waals surface area contributed by atoms with Crippen LogP contribution < -0.4 is 4.74 Å². The SMILES string of the molecule is COc1ccc(C2CC2C(O)c2ccccn2)cc1. The number of hydrogen-bond acceptors (Lipinski definition) is 3. The average Bonchev–Trinajstić information content (AvgIpc) is 3.28. The van der Waals surface area contributed by atoms with E-state index in [-0.39, 0.29) is 5.92 Å². The van der Waals surface area contributed by atoms with Crippen molar-refractivity contribution in [1.29, 1.82) is 0 Å². The number of ether oxygens (including phenoxy) is 1. The third-order valence-corrected chi connectivity index (χ3v) is 3.78. The molecule has 1 fully saturated rings. The van der Waals surface area contributed by atoms with Gasteiger partial charge in [-0.2, -0.15) is 0 Å². The Morgan fingerprint density at radius 1 is 1.21 bits per heavy atom. The minimum atomic E-state index is -0.465. The summed E-state index contributed by atoms with van der Waals surface area (Å²) in [5.41, 5.74) is 2.03. The van der Waals surface area contributed by atoms with Crippen LogP contribution in [0.4, 0.5) is 0 Å². The number of pyridine rings is 1. The lowest BCUT2D eigenvalue weighted by atomic mass is 10.0. The molecule has 3 heteroatoms. The molecule has 1 heterocycles. The van der Waals surface area contributed by atoms with E-state index in [2.05, 4.69) is 17.1 Å². The van der Waals surface area contributed by atoms with Gasteiger partial charge in [0.05, 0.1) is 18.9 Å². The Morgan fingerprint density at radius 2 is 2.00 bits per heavy atom. The van der Waals surface area contributed by atoms with E-state index < -0.39 is 6.10 Å². The summed E-state index contributed by atoms with van der Waals surface area (Å²) in [4.78, 5) is 4.23. The molecule has 0 aliphatic heterocycles. The molecule has 1 aliphatic carbocycles. The lowest BCUT2D eigenvalue weighted by Crippen LogP contribution is -2.03. The maximum Gasteiger partial charge on any atom is 0.118 e. The molecule has 1 saturated carbocycles. The molecule has 19 heavy (non-hydrogen) atoms. The number of benzene rings is 1. The molecule has 1 aliphatic rings. The van der Waals surface area contributed by atoms with Crippen molar-refractivity contribution in [2.75, 3.05) is 7.11 Å². The Hall–Kier alpha value is -1.87. The molecule has 3 atom stereocenters. The van der Waals surface area contributed by atoms with E-state index in [9.17, 15) is 5.11 Å². The van der Waals surface area contributed by atoms with E-state index in [1.54, 1.807) is 13.3 Å². The minimum Gasteiger partial charge on any atom is -0.497 e. The first-order chi connectivity index (χ1) is 9.29. The molecule has 0 saturated heterocycles. The standard InChI is InChI=1S/C16H17NO2/c1-19-12-7-5-11(6-8-12)13-10-14(13)16(18)15-4-2-3-9-17-15/h2-9,13-14,16,18H,10H2,1H3. The van der Waals surface area contributed by atoms with Gasteiger partial charge in [0.1, 0.15) is 5.75 Å². The summed E-state index contributed by atoms with van der Waals surface area (Å²) < 4.78 is 5.15. The van der Waals surface area contributed by atoms with E-state index in [4.69, 9.17) is 4.74 Å². The van der Waals surface area contributed by atoms with Crippen LogP contribution in [0.2, 0.25) is 0 Å². The summed E-state index contributed by atoms with van der Waals surface area (Å²) in [6.07, 6.45) is 2.28. The van der Waals surface area contributed by atoms with Crippen LogP contribution in [0.25, 0.3) is 0 Å². The second kappa shape index (κ2) is 5.02. The molecule has 0 bridgehead atoms. The summed E-state index contributed by atoms with van der Waals surface area (Å²) >= 11 is 0. The Kier molecular flexibility index (Phi) is 3.22. The molecule has 1 aromatic carbocycles. The topological polar surface area (TPSA) is 42.4 Å². The first-order valence-corrected chi connectivity index (χ1v) is 6.52. The molecule has 3 rings (SSSR count). The Balaban J connectivity index is 1.70. The van der Waals surface area contributed by atoms with Crippen molar-refractivity contribution in [3.05, 3.63) is 59.9 Å². The molecule has 1 N–H and O–H groups in total. The highest BCUT2D eigenvalue weighted by Crippen LogP contribution is 2.53. The Morgan fingerprint density at radius 3 is 2.63 bits per heavy atom. The first kappa shape index (κ1) is 12.2. The number of aliphatic hydroxyl groups is 1.